The number of carbonyl (C=O) groups is 1. The zero-order chi connectivity index (χ0) is 17.0. The van der Waals surface area contributed by atoms with E-state index in [1.807, 2.05) is 31.1 Å². The molecule has 1 atom stereocenters. The average Bonchev–Trinajstić information content (AvgIpc) is 2.52. The topological polar surface area (TPSA) is 82.6 Å². The van der Waals surface area contributed by atoms with Crippen LogP contribution in [0.4, 0.5) is 5.82 Å². The van der Waals surface area contributed by atoms with Crippen molar-refractivity contribution in [2.24, 2.45) is 0 Å². The quantitative estimate of drug-likeness (QED) is 0.848. The summed E-state index contributed by atoms with van der Waals surface area (Å²) in [5, 5.41) is 2.85. The largest absolute Gasteiger partial charge is 0.362 e. The van der Waals surface area contributed by atoms with Crippen molar-refractivity contribution in [3.05, 3.63) is 23.9 Å². The number of piperidine rings is 1. The maximum Gasteiger partial charge on any atom is 0.238 e. The lowest BCUT2D eigenvalue weighted by molar-refractivity contribution is -0.125. The first-order valence-electron chi connectivity index (χ1n) is 7.66. The molecule has 1 aliphatic rings. The molecule has 1 N–H and O–H groups in total. The summed E-state index contributed by atoms with van der Waals surface area (Å²) in [7, 11) is 0.405. The van der Waals surface area contributed by atoms with Gasteiger partial charge in [-0.2, -0.15) is 4.31 Å². The Labute approximate surface area is 137 Å². The number of nitrogens with one attached hydrogen (secondary N) is 1. The minimum atomic E-state index is -3.37. The number of sulfonamides is 1. The fourth-order valence-electron chi connectivity index (χ4n) is 2.84. The van der Waals surface area contributed by atoms with Crippen LogP contribution in [0.5, 0.6) is 0 Å². The van der Waals surface area contributed by atoms with Crippen molar-refractivity contribution in [1.29, 1.82) is 0 Å². The number of anilines is 1. The molecule has 0 aromatic carbocycles. The first-order chi connectivity index (χ1) is 10.8. The van der Waals surface area contributed by atoms with E-state index in [1.165, 1.54) is 4.31 Å². The standard InChI is InChI=1S/C15H24N4O3S/c1-18(2)14-12(7-6-9-16-14)11-17-15(20)13-8-4-5-10-19(13)23(3,21)22/h6-7,9,13H,4-5,8,10-11H2,1-3H3,(H,17,20). The maximum atomic E-state index is 12.5. The molecule has 1 amide bonds. The third-order valence-electron chi connectivity index (χ3n) is 3.93. The minimum Gasteiger partial charge on any atom is -0.362 e. The minimum absolute atomic E-state index is 0.247. The molecule has 0 radical (unpaired) electrons. The second kappa shape index (κ2) is 7.27. The van der Waals surface area contributed by atoms with Gasteiger partial charge in [0.2, 0.25) is 15.9 Å². The molecule has 8 heteroatoms. The van der Waals surface area contributed by atoms with Gasteiger partial charge in [-0.1, -0.05) is 12.5 Å². The van der Waals surface area contributed by atoms with Crippen LogP contribution in [0.25, 0.3) is 0 Å². The van der Waals surface area contributed by atoms with Crippen molar-refractivity contribution < 1.29 is 13.2 Å². The van der Waals surface area contributed by atoms with E-state index in [-0.39, 0.29) is 5.91 Å². The van der Waals surface area contributed by atoms with Crippen LogP contribution in [-0.4, -0.2) is 56.6 Å². The second-order valence-corrected chi connectivity index (χ2v) is 7.92. The molecule has 0 saturated carbocycles. The van der Waals surface area contributed by atoms with Crippen LogP contribution in [0.2, 0.25) is 0 Å². The third-order valence-corrected chi connectivity index (χ3v) is 5.22. The fourth-order valence-corrected chi connectivity index (χ4v) is 3.96. The number of amides is 1. The highest BCUT2D eigenvalue weighted by Gasteiger charge is 2.34. The summed E-state index contributed by atoms with van der Waals surface area (Å²) in [5.41, 5.74) is 0.896. The van der Waals surface area contributed by atoms with Gasteiger partial charge in [-0.05, 0) is 18.9 Å². The highest BCUT2D eigenvalue weighted by atomic mass is 32.2. The van der Waals surface area contributed by atoms with E-state index < -0.39 is 16.1 Å². The van der Waals surface area contributed by atoms with Gasteiger partial charge in [0.1, 0.15) is 11.9 Å². The number of nitrogens with zero attached hydrogens (tertiary/aromatic N) is 3. The molecule has 2 heterocycles. The van der Waals surface area contributed by atoms with E-state index in [0.717, 1.165) is 30.5 Å². The molecular weight excluding hydrogens is 316 g/mol. The monoisotopic (exact) mass is 340 g/mol. The van der Waals surface area contributed by atoms with Crippen molar-refractivity contribution in [3.8, 4) is 0 Å². The summed E-state index contributed by atoms with van der Waals surface area (Å²) in [6.45, 7) is 0.737. The predicted molar refractivity (Wildman–Crippen MR) is 89.6 cm³/mol. The molecule has 1 unspecified atom stereocenters. The van der Waals surface area contributed by atoms with E-state index in [4.69, 9.17) is 0 Å². The first kappa shape index (κ1) is 17.7. The van der Waals surface area contributed by atoms with Gasteiger partial charge in [0.15, 0.2) is 0 Å². The number of pyridine rings is 1. The van der Waals surface area contributed by atoms with Gasteiger partial charge in [-0.25, -0.2) is 13.4 Å². The lowest BCUT2D eigenvalue weighted by Gasteiger charge is -2.32. The van der Waals surface area contributed by atoms with Gasteiger partial charge in [-0.15, -0.1) is 0 Å². The normalized spacial score (nSPS) is 19.3. The summed E-state index contributed by atoms with van der Waals surface area (Å²) >= 11 is 0. The third kappa shape index (κ3) is 4.42. The van der Waals surface area contributed by atoms with Crippen molar-refractivity contribution in [1.82, 2.24) is 14.6 Å². The molecule has 1 fully saturated rings. The number of hydrogen-bond donors (Lipinski definition) is 1. The molecular formula is C15H24N4O3S. The SMILES string of the molecule is CN(C)c1ncccc1CNC(=O)C1CCCCN1S(C)(=O)=O. The highest BCUT2D eigenvalue weighted by Crippen LogP contribution is 2.20. The Morgan fingerprint density at radius 3 is 2.83 bits per heavy atom. The Bertz CT molecular complexity index is 660. The lowest BCUT2D eigenvalue weighted by Crippen LogP contribution is -2.51. The number of carbonyl (C=O) groups excluding carboxylic acids is 1. The van der Waals surface area contributed by atoms with Crippen LogP contribution < -0.4 is 10.2 Å². The van der Waals surface area contributed by atoms with Gasteiger partial charge in [0, 0.05) is 38.9 Å². The van der Waals surface area contributed by atoms with Gasteiger partial charge in [0.25, 0.3) is 0 Å². The summed E-state index contributed by atoms with van der Waals surface area (Å²) in [6.07, 6.45) is 5.08. The highest BCUT2D eigenvalue weighted by molar-refractivity contribution is 7.88. The van der Waals surface area contributed by atoms with E-state index >= 15 is 0 Å². The second-order valence-electron chi connectivity index (χ2n) is 5.98. The zero-order valence-electron chi connectivity index (χ0n) is 13.8. The molecule has 7 nitrogen and oxygen atoms in total. The zero-order valence-corrected chi connectivity index (χ0v) is 14.6. The van der Waals surface area contributed by atoms with Crippen LogP contribution in [0.15, 0.2) is 18.3 Å². The van der Waals surface area contributed by atoms with Crippen LogP contribution in [-0.2, 0) is 21.4 Å². The summed E-state index contributed by atoms with van der Waals surface area (Å²) in [5.74, 6) is 0.542. The number of hydrogen-bond acceptors (Lipinski definition) is 5. The summed E-state index contributed by atoms with van der Waals surface area (Å²) < 4.78 is 25.0. The van der Waals surface area contributed by atoms with E-state index in [2.05, 4.69) is 10.3 Å². The Morgan fingerprint density at radius 2 is 2.17 bits per heavy atom. The van der Waals surface area contributed by atoms with Crippen molar-refractivity contribution in [2.75, 3.05) is 31.8 Å². The van der Waals surface area contributed by atoms with Gasteiger partial charge < -0.3 is 10.2 Å². The summed E-state index contributed by atoms with van der Waals surface area (Å²) in [4.78, 5) is 18.6. The van der Waals surface area contributed by atoms with Crippen LogP contribution in [0, 0.1) is 0 Å². The Balaban J connectivity index is 2.07. The molecule has 23 heavy (non-hydrogen) atoms. The van der Waals surface area contributed by atoms with Gasteiger partial charge in [0.05, 0.1) is 6.26 Å². The molecule has 2 rings (SSSR count). The molecule has 1 aliphatic heterocycles. The average molecular weight is 340 g/mol. The predicted octanol–water partition coefficient (Wildman–Crippen LogP) is 0.578. The molecule has 128 valence electrons. The Hall–Kier alpha value is -1.67. The van der Waals surface area contributed by atoms with Crippen LogP contribution in [0.1, 0.15) is 24.8 Å². The summed E-state index contributed by atoms with van der Waals surface area (Å²) in [6, 6.07) is 3.11. The Kier molecular flexibility index (Phi) is 5.59. The first-order valence-corrected chi connectivity index (χ1v) is 9.51. The van der Waals surface area contributed by atoms with Gasteiger partial charge in [-0.3, -0.25) is 4.79 Å². The molecule has 1 aromatic rings. The number of aromatic nitrogens is 1. The van der Waals surface area contributed by atoms with Crippen LogP contribution >= 0.6 is 0 Å². The fraction of sp³-hybridized carbons (Fsp3) is 0.600. The number of rotatable bonds is 5. The molecule has 1 saturated heterocycles. The molecule has 1 aromatic heterocycles. The smallest absolute Gasteiger partial charge is 0.238 e. The molecule has 0 aliphatic carbocycles. The van der Waals surface area contributed by atoms with Crippen molar-refractivity contribution in [2.45, 2.75) is 31.8 Å². The van der Waals surface area contributed by atoms with E-state index in [0.29, 0.717) is 19.5 Å². The van der Waals surface area contributed by atoms with Crippen molar-refractivity contribution in [3.63, 3.8) is 0 Å². The Morgan fingerprint density at radius 1 is 1.43 bits per heavy atom. The maximum absolute atomic E-state index is 12.5. The van der Waals surface area contributed by atoms with E-state index in [1.54, 1.807) is 6.20 Å². The van der Waals surface area contributed by atoms with Gasteiger partial charge >= 0.3 is 0 Å². The lowest BCUT2D eigenvalue weighted by atomic mass is 10.0. The van der Waals surface area contributed by atoms with Crippen molar-refractivity contribution >= 4 is 21.7 Å². The molecule has 0 spiro atoms. The molecule has 0 bridgehead atoms. The van der Waals surface area contributed by atoms with Crippen LogP contribution in [0.3, 0.4) is 0 Å². The van der Waals surface area contributed by atoms with E-state index in [9.17, 15) is 13.2 Å².